The molecule has 1 fully saturated rings. The lowest BCUT2D eigenvalue weighted by Gasteiger charge is -2.35. The van der Waals surface area contributed by atoms with Gasteiger partial charge in [-0.1, -0.05) is 40.9 Å². The number of halogens is 5. The summed E-state index contributed by atoms with van der Waals surface area (Å²) >= 11 is 20.6. The van der Waals surface area contributed by atoms with Gasteiger partial charge < -0.3 is 5.32 Å². The number of thiophene rings is 1. The van der Waals surface area contributed by atoms with Crippen molar-refractivity contribution >= 4 is 71.0 Å². The van der Waals surface area contributed by atoms with E-state index >= 15 is 0 Å². The normalized spacial score (nSPS) is 16.3. The van der Waals surface area contributed by atoms with Crippen molar-refractivity contribution in [2.75, 3.05) is 26.2 Å². The predicted molar refractivity (Wildman–Crippen MR) is 107 cm³/mol. The molecule has 2 heterocycles. The second-order valence-corrected chi connectivity index (χ2v) is 7.20. The molecule has 23 heavy (non-hydrogen) atoms. The molecule has 1 aliphatic heterocycles. The Morgan fingerprint density at radius 2 is 1.78 bits per heavy atom. The van der Waals surface area contributed by atoms with E-state index < -0.39 is 0 Å². The number of benzene rings is 1. The van der Waals surface area contributed by atoms with Crippen molar-refractivity contribution in [1.29, 1.82) is 0 Å². The predicted octanol–water partition coefficient (Wildman–Crippen LogP) is 5.55. The first kappa shape index (κ1) is 21.3. The van der Waals surface area contributed by atoms with Gasteiger partial charge in [-0.05, 0) is 29.1 Å². The van der Waals surface area contributed by atoms with Gasteiger partial charge in [-0.15, -0.1) is 36.2 Å². The number of rotatable bonds is 3. The summed E-state index contributed by atoms with van der Waals surface area (Å²) in [5.74, 6) is 0. The monoisotopic (exact) mass is 432 g/mol. The molecule has 0 saturated carbocycles. The van der Waals surface area contributed by atoms with Gasteiger partial charge in [-0.2, -0.15) is 0 Å². The van der Waals surface area contributed by atoms with Crippen LogP contribution in [0.15, 0.2) is 29.6 Å². The molecule has 0 amide bonds. The van der Waals surface area contributed by atoms with Crippen LogP contribution in [0.1, 0.15) is 16.5 Å². The highest BCUT2D eigenvalue weighted by Gasteiger charge is 2.27. The fourth-order valence-corrected chi connectivity index (χ4v) is 4.29. The molecule has 3 rings (SSSR count). The quantitative estimate of drug-likeness (QED) is 0.638. The number of nitrogens with zero attached hydrogens (tertiary/aromatic N) is 1. The van der Waals surface area contributed by atoms with Crippen LogP contribution in [0.25, 0.3) is 0 Å². The minimum Gasteiger partial charge on any atom is -0.314 e. The lowest BCUT2D eigenvalue weighted by atomic mass is 10.0. The van der Waals surface area contributed by atoms with Gasteiger partial charge in [-0.25, -0.2) is 0 Å². The highest BCUT2D eigenvalue weighted by Crippen LogP contribution is 2.40. The van der Waals surface area contributed by atoms with Gasteiger partial charge in [0.2, 0.25) is 0 Å². The first-order valence-corrected chi connectivity index (χ1v) is 8.81. The maximum Gasteiger partial charge on any atom is 0.0712 e. The Labute approximate surface area is 167 Å². The van der Waals surface area contributed by atoms with Crippen molar-refractivity contribution < 1.29 is 0 Å². The molecule has 0 radical (unpaired) electrons. The Balaban J connectivity index is 0.00000132. The molecule has 0 spiro atoms. The Morgan fingerprint density at radius 3 is 2.39 bits per heavy atom. The fourth-order valence-electron chi connectivity index (χ4n) is 2.69. The largest absolute Gasteiger partial charge is 0.314 e. The highest BCUT2D eigenvalue weighted by atomic mass is 35.5. The van der Waals surface area contributed by atoms with E-state index in [1.165, 1.54) is 4.88 Å². The van der Waals surface area contributed by atoms with Gasteiger partial charge in [-0.3, -0.25) is 4.90 Å². The van der Waals surface area contributed by atoms with E-state index in [9.17, 15) is 0 Å². The van der Waals surface area contributed by atoms with Crippen LogP contribution < -0.4 is 5.32 Å². The Bertz CT molecular complexity index is 615. The summed E-state index contributed by atoms with van der Waals surface area (Å²) < 4.78 is 0. The molecule has 1 aromatic heterocycles. The van der Waals surface area contributed by atoms with Crippen molar-refractivity contribution in [3.05, 3.63) is 55.2 Å². The number of hydrogen-bond donors (Lipinski definition) is 1. The van der Waals surface area contributed by atoms with Gasteiger partial charge in [0.15, 0.2) is 0 Å². The second-order valence-electron chi connectivity index (χ2n) is 4.99. The van der Waals surface area contributed by atoms with Crippen LogP contribution in [0.4, 0.5) is 0 Å². The van der Waals surface area contributed by atoms with Gasteiger partial charge >= 0.3 is 0 Å². The lowest BCUT2D eigenvalue weighted by molar-refractivity contribution is 0.201. The van der Waals surface area contributed by atoms with E-state index in [1.807, 2.05) is 6.07 Å². The molecule has 2 aromatic rings. The SMILES string of the molecule is Cl.Cl.Clc1cc(Cl)c(Cl)c([C@@H](c2cccs2)N2CCNCC2)c1. The summed E-state index contributed by atoms with van der Waals surface area (Å²) in [4.78, 5) is 3.69. The topological polar surface area (TPSA) is 15.3 Å². The molecule has 1 atom stereocenters. The van der Waals surface area contributed by atoms with Crippen molar-refractivity contribution in [1.82, 2.24) is 10.2 Å². The summed E-state index contributed by atoms with van der Waals surface area (Å²) in [5.41, 5.74) is 0.985. The van der Waals surface area contributed by atoms with Crippen LogP contribution in [0.5, 0.6) is 0 Å². The molecule has 0 unspecified atom stereocenters. The van der Waals surface area contributed by atoms with Crippen molar-refractivity contribution in [3.8, 4) is 0 Å². The van der Waals surface area contributed by atoms with Crippen LogP contribution >= 0.6 is 71.0 Å². The third-order valence-electron chi connectivity index (χ3n) is 3.65. The van der Waals surface area contributed by atoms with E-state index in [4.69, 9.17) is 34.8 Å². The third kappa shape index (κ3) is 4.90. The number of nitrogens with one attached hydrogen (secondary N) is 1. The van der Waals surface area contributed by atoms with E-state index in [1.54, 1.807) is 17.4 Å². The Kier molecular flexibility index (Phi) is 8.99. The van der Waals surface area contributed by atoms with E-state index in [0.29, 0.717) is 15.1 Å². The maximum atomic E-state index is 6.47. The van der Waals surface area contributed by atoms with E-state index in [2.05, 4.69) is 27.7 Å². The minimum absolute atomic E-state index is 0. The van der Waals surface area contributed by atoms with E-state index in [0.717, 1.165) is 31.7 Å². The molecule has 1 N–H and O–H groups in total. The minimum atomic E-state index is 0. The maximum absolute atomic E-state index is 6.47. The van der Waals surface area contributed by atoms with Crippen LogP contribution in [0, 0.1) is 0 Å². The van der Waals surface area contributed by atoms with Crippen molar-refractivity contribution in [3.63, 3.8) is 0 Å². The van der Waals surface area contributed by atoms with Gasteiger partial charge in [0.05, 0.1) is 16.1 Å². The average Bonchev–Trinajstić information content (AvgIpc) is 2.99. The summed E-state index contributed by atoms with van der Waals surface area (Å²) in [6.07, 6.45) is 0. The van der Waals surface area contributed by atoms with Gasteiger partial charge in [0, 0.05) is 36.1 Å². The fraction of sp³-hybridized carbons (Fsp3) is 0.333. The Hall–Kier alpha value is 0.290. The zero-order valence-electron chi connectivity index (χ0n) is 12.1. The molecule has 1 aromatic carbocycles. The summed E-state index contributed by atoms with van der Waals surface area (Å²) in [5, 5.41) is 7.20. The Morgan fingerprint density at radius 1 is 1.09 bits per heavy atom. The molecular formula is C15H17Cl5N2S. The average molecular weight is 435 g/mol. The molecule has 2 nitrogen and oxygen atoms in total. The molecule has 1 aliphatic rings. The van der Waals surface area contributed by atoms with Crippen LogP contribution in [-0.2, 0) is 0 Å². The smallest absolute Gasteiger partial charge is 0.0712 e. The zero-order valence-corrected chi connectivity index (χ0v) is 16.8. The first-order valence-electron chi connectivity index (χ1n) is 6.79. The molecule has 8 heteroatoms. The van der Waals surface area contributed by atoms with Crippen LogP contribution in [-0.4, -0.2) is 31.1 Å². The van der Waals surface area contributed by atoms with Gasteiger partial charge in [0.1, 0.15) is 0 Å². The first-order chi connectivity index (χ1) is 10.2. The van der Waals surface area contributed by atoms with E-state index in [-0.39, 0.29) is 30.9 Å². The highest BCUT2D eigenvalue weighted by molar-refractivity contribution is 7.10. The van der Waals surface area contributed by atoms with Gasteiger partial charge in [0.25, 0.3) is 0 Å². The van der Waals surface area contributed by atoms with Crippen molar-refractivity contribution in [2.24, 2.45) is 0 Å². The van der Waals surface area contributed by atoms with Crippen LogP contribution in [0.3, 0.4) is 0 Å². The van der Waals surface area contributed by atoms with Crippen LogP contribution in [0.2, 0.25) is 15.1 Å². The summed E-state index contributed by atoms with van der Waals surface area (Å²) in [7, 11) is 0. The molecule has 1 saturated heterocycles. The molecule has 0 bridgehead atoms. The second kappa shape index (κ2) is 9.69. The summed E-state index contributed by atoms with van der Waals surface area (Å²) in [6, 6.07) is 7.94. The molecule has 0 aliphatic carbocycles. The summed E-state index contributed by atoms with van der Waals surface area (Å²) in [6.45, 7) is 3.91. The molecular weight excluding hydrogens is 418 g/mol. The van der Waals surface area contributed by atoms with Crippen molar-refractivity contribution in [2.45, 2.75) is 6.04 Å². The number of hydrogen-bond acceptors (Lipinski definition) is 3. The molecule has 128 valence electrons. The number of piperazine rings is 1. The third-order valence-corrected chi connectivity index (χ3v) is 5.60. The standard InChI is InChI=1S/C15H15Cl3N2S.2ClH/c16-10-8-11(14(18)12(17)9-10)15(13-2-1-7-21-13)20-5-3-19-4-6-20;;/h1-2,7-9,15,19H,3-6H2;2*1H/t15-;;/m0../s1. The zero-order chi connectivity index (χ0) is 14.8. The lowest BCUT2D eigenvalue weighted by Crippen LogP contribution is -2.45.